The molecule has 340 valence electrons. The van der Waals surface area contributed by atoms with Gasteiger partial charge in [-0.2, -0.15) is 0 Å². The summed E-state index contributed by atoms with van der Waals surface area (Å²) in [7, 11) is 1.15. The van der Waals surface area contributed by atoms with E-state index in [1.165, 1.54) is 116 Å². The minimum absolute atomic E-state index is 0.0359. The van der Waals surface area contributed by atoms with Crippen LogP contribution in [0.1, 0.15) is 206 Å². The number of ether oxygens (including phenoxy) is 2. The van der Waals surface area contributed by atoms with E-state index in [0.29, 0.717) is 23.9 Å². The Hall–Kier alpha value is -1.77. The fourth-order valence-electron chi connectivity index (χ4n) is 6.43. The normalized spacial score (nSPS) is 13.8. The average molecular weight is 840 g/mol. The summed E-state index contributed by atoms with van der Waals surface area (Å²) in [6.45, 7) is 4.18. The lowest BCUT2D eigenvalue weighted by molar-refractivity contribution is -0.870. The topological polar surface area (TPSA) is 111 Å². The van der Waals surface area contributed by atoms with Gasteiger partial charge in [0.05, 0.1) is 27.7 Å². The Morgan fingerprint density at radius 2 is 0.931 bits per heavy atom. The Morgan fingerprint density at radius 1 is 0.534 bits per heavy atom. The lowest BCUT2D eigenvalue weighted by Crippen LogP contribution is -2.37. The number of phosphoric acid groups is 1. The number of carbonyl (C=O) groups is 2. The first-order chi connectivity index (χ1) is 28.0. The van der Waals surface area contributed by atoms with Crippen molar-refractivity contribution in [2.45, 2.75) is 213 Å². The van der Waals surface area contributed by atoms with Crippen LogP contribution in [0.15, 0.2) is 36.5 Å². The van der Waals surface area contributed by atoms with Gasteiger partial charge in [0, 0.05) is 12.8 Å². The maximum absolute atomic E-state index is 12.7. The van der Waals surface area contributed by atoms with Crippen LogP contribution in [-0.2, 0) is 32.7 Å². The van der Waals surface area contributed by atoms with Crippen LogP contribution in [0.4, 0.5) is 0 Å². The third kappa shape index (κ3) is 43.8. The highest BCUT2D eigenvalue weighted by Gasteiger charge is 2.21. The summed E-state index contributed by atoms with van der Waals surface area (Å²) in [6.07, 6.45) is 46.0. The van der Waals surface area contributed by atoms with Crippen molar-refractivity contribution in [1.29, 1.82) is 0 Å². The Morgan fingerprint density at radius 3 is 1.41 bits per heavy atom. The summed E-state index contributed by atoms with van der Waals surface area (Å²) in [6, 6.07) is 0. The van der Waals surface area contributed by atoms with E-state index in [4.69, 9.17) is 18.5 Å². The quantitative estimate of drug-likeness (QED) is 0.0196. The molecule has 0 rings (SSSR count). The van der Waals surface area contributed by atoms with Crippen LogP contribution < -0.4 is 4.89 Å². The maximum Gasteiger partial charge on any atom is 0.306 e. The van der Waals surface area contributed by atoms with Gasteiger partial charge in [0.2, 0.25) is 0 Å². The molecule has 0 radical (unpaired) electrons. The van der Waals surface area contributed by atoms with E-state index in [1.807, 2.05) is 21.1 Å². The molecule has 0 saturated heterocycles. The highest BCUT2D eigenvalue weighted by Crippen LogP contribution is 2.38. The second-order valence-electron chi connectivity index (χ2n) is 17.1. The monoisotopic (exact) mass is 840 g/mol. The van der Waals surface area contributed by atoms with Gasteiger partial charge >= 0.3 is 11.9 Å². The minimum Gasteiger partial charge on any atom is -0.756 e. The van der Waals surface area contributed by atoms with Crippen LogP contribution in [0.3, 0.4) is 0 Å². The van der Waals surface area contributed by atoms with Gasteiger partial charge in [-0.1, -0.05) is 179 Å². The largest absolute Gasteiger partial charge is 0.756 e. The summed E-state index contributed by atoms with van der Waals surface area (Å²) in [5, 5.41) is 0. The van der Waals surface area contributed by atoms with Gasteiger partial charge in [-0.05, 0) is 51.4 Å². The molecule has 0 aromatic carbocycles. The van der Waals surface area contributed by atoms with Crippen molar-refractivity contribution < 1.29 is 42.1 Å². The van der Waals surface area contributed by atoms with Crippen molar-refractivity contribution in [3.05, 3.63) is 36.5 Å². The standard InChI is InChI=1S/C48H90NO8P/c1-6-8-10-12-14-16-18-20-22-23-24-25-27-29-31-33-35-37-39-41-48(51)57-46(45-56-58(52,53)55-43-42-49(3,4)5)44-54-47(50)40-38-36-34-32-30-28-26-21-19-17-15-13-11-9-7-2/h15,17,21,26,30,32,46H,6-14,16,18-20,22-25,27-29,31,33-45H2,1-5H3/b17-15+,26-21+,32-30+/t46-/m1/s1. The molecule has 0 aromatic rings. The molecule has 58 heavy (non-hydrogen) atoms. The fourth-order valence-corrected chi connectivity index (χ4v) is 7.16. The molecule has 0 aliphatic heterocycles. The van der Waals surface area contributed by atoms with E-state index in [-0.39, 0.29) is 26.1 Å². The molecule has 2 atom stereocenters. The zero-order chi connectivity index (χ0) is 42.8. The van der Waals surface area contributed by atoms with Gasteiger partial charge in [-0.15, -0.1) is 0 Å². The Labute approximate surface area is 357 Å². The van der Waals surface area contributed by atoms with Crippen LogP contribution >= 0.6 is 7.82 Å². The molecule has 1 unspecified atom stereocenters. The van der Waals surface area contributed by atoms with Crippen LogP contribution in [0.2, 0.25) is 0 Å². The molecule has 10 heteroatoms. The Kier molecular flexibility index (Phi) is 39.4. The van der Waals surface area contributed by atoms with Crippen LogP contribution in [0.5, 0.6) is 0 Å². The molecule has 0 N–H and O–H groups in total. The number of unbranched alkanes of at least 4 members (excludes halogenated alkanes) is 23. The SMILES string of the molecule is CCCCC/C=C/C/C=C/C/C=C/CCCCC(=O)OC[C@H](COP(=O)([O-])OCC[N+](C)(C)C)OC(=O)CCCCCCCCCCCCCCCCCCCCC. The van der Waals surface area contributed by atoms with Crippen LogP contribution in [-0.4, -0.2) is 70.0 Å². The second-order valence-corrected chi connectivity index (χ2v) is 18.5. The van der Waals surface area contributed by atoms with Gasteiger partial charge in [0.25, 0.3) is 7.82 Å². The average Bonchev–Trinajstić information content (AvgIpc) is 3.17. The number of hydrogen-bond donors (Lipinski definition) is 0. The number of carbonyl (C=O) groups excluding carboxylic acids is 2. The van der Waals surface area contributed by atoms with Gasteiger partial charge in [-0.25, -0.2) is 0 Å². The predicted octanol–water partition coefficient (Wildman–Crippen LogP) is 13.1. The summed E-state index contributed by atoms with van der Waals surface area (Å²) < 4.78 is 33.9. The molecular weight excluding hydrogens is 750 g/mol. The first kappa shape index (κ1) is 56.2. The smallest absolute Gasteiger partial charge is 0.306 e. The number of rotatable bonds is 43. The first-order valence-electron chi connectivity index (χ1n) is 23.7. The highest BCUT2D eigenvalue weighted by atomic mass is 31.2. The van der Waals surface area contributed by atoms with Crippen molar-refractivity contribution in [1.82, 2.24) is 0 Å². The summed E-state index contributed by atoms with van der Waals surface area (Å²) >= 11 is 0. The minimum atomic E-state index is -4.63. The van der Waals surface area contributed by atoms with Crippen LogP contribution in [0.25, 0.3) is 0 Å². The van der Waals surface area contributed by atoms with Crippen molar-refractivity contribution >= 4 is 19.8 Å². The molecule has 0 saturated carbocycles. The van der Waals surface area contributed by atoms with Gasteiger partial charge in [-0.3, -0.25) is 14.2 Å². The van der Waals surface area contributed by atoms with Gasteiger partial charge in [0.1, 0.15) is 19.8 Å². The fraction of sp³-hybridized carbons (Fsp3) is 0.833. The Bertz CT molecular complexity index is 1090. The maximum atomic E-state index is 12.7. The summed E-state index contributed by atoms with van der Waals surface area (Å²) in [5.74, 6) is -0.872. The highest BCUT2D eigenvalue weighted by molar-refractivity contribution is 7.45. The van der Waals surface area contributed by atoms with E-state index in [9.17, 15) is 19.0 Å². The van der Waals surface area contributed by atoms with E-state index in [0.717, 1.165) is 51.4 Å². The molecule has 0 aromatic heterocycles. The Balaban J connectivity index is 4.33. The number of phosphoric ester groups is 1. The second kappa shape index (κ2) is 40.6. The molecule has 9 nitrogen and oxygen atoms in total. The molecule has 0 aliphatic carbocycles. The van der Waals surface area contributed by atoms with Crippen LogP contribution in [0, 0.1) is 0 Å². The first-order valence-corrected chi connectivity index (χ1v) is 25.2. The number of likely N-dealkylation sites (N-methyl/N-ethyl adjacent to an activating group) is 1. The molecule has 0 fully saturated rings. The molecule has 0 spiro atoms. The van der Waals surface area contributed by atoms with Crippen molar-refractivity contribution in [3.63, 3.8) is 0 Å². The van der Waals surface area contributed by atoms with E-state index in [2.05, 4.69) is 50.3 Å². The van der Waals surface area contributed by atoms with E-state index in [1.54, 1.807) is 0 Å². The zero-order valence-electron chi connectivity index (χ0n) is 38.2. The van der Waals surface area contributed by atoms with Crippen molar-refractivity contribution in [2.24, 2.45) is 0 Å². The van der Waals surface area contributed by atoms with Gasteiger partial charge in [0.15, 0.2) is 6.10 Å². The summed E-state index contributed by atoms with van der Waals surface area (Å²) in [4.78, 5) is 37.6. The zero-order valence-corrected chi connectivity index (χ0v) is 39.1. The van der Waals surface area contributed by atoms with Crippen molar-refractivity contribution in [3.8, 4) is 0 Å². The number of esters is 2. The summed E-state index contributed by atoms with van der Waals surface area (Å²) in [5.41, 5.74) is 0. The number of quaternary nitrogens is 1. The molecule has 0 heterocycles. The van der Waals surface area contributed by atoms with Gasteiger partial charge < -0.3 is 27.9 Å². The third-order valence-corrected chi connectivity index (χ3v) is 11.1. The van der Waals surface area contributed by atoms with E-state index < -0.39 is 32.5 Å². The molecule has 0 aliphatic rings. The number of nitrogens with zero attached hydrogens (tertiary/aromatic N) is 1. The molecular formula is C48H90NO8P. The lowest BCUT2D eigenvalue weighted by Gasteiger charge is -2.28. The number of hydrogen-bond acceptors (Lipinski definition) is 8. The molecule has 0 amide bonds. The van der Waals surface area contributed by atoms with Crippen molar-refractivity contribution in [2.75, 3.05) is 47.5 Å². The molecule has 0 bridgehead atoms. The number of allylic oxidation sites excluding steroid dienone is 6. The lowest BCUT2D eigenvalue weighted by atomic mass is 10.0. The predicted molar refractivity (Wildman–Crippen MR) is 241 cm³/mol. The van der Waals surface area contributed by atoms with E-state index >= 15 is 0 Å². The third-order valence-electron chi connectivity index (χ3n) is 10.2.